The molecule has 5 heteroatoms. The van der Waals surface area contributed by atoms with Crippen LogP contribution in [0.4, 0.5) is 0 Å². The number of esters is 1. The zero-order valence-electron chi connectivity index (χ0n) is 12.0. The predicted molar refractivity (Wildman–Crippen MR) is 77.0 cm³/mol. The van der Waals surface area contributed by atoms with Gasteiger partial charge in [-0.2, -0.15) is 5.10 Å². The standard InChI is InChI=1S/C16H18N2O3/c1-2-20-16(19)13-9-17-18(10-13)11-15-14-6-4-3-5-12(14)7-8-21-15/h3-6,9-10,15H,2,7-8,11H2,1H3. The molecule has 1 aromatic carbocycles. The molecule has 5 nitrogen and oxygen atoms in total. The van der Waals surface area contributed by atoms with Gasteiger partial charge in [-0.15, -0.1) is 0 Å². The van der Waals surface area contributed by atoms with Crippen molar-refractivity contribution in [2.45, 2.75) is 26.0 Å². The first-order valence-electron chi connectivity index (χ1n) is 7.17. The van der Waals surface area contributed by atoms with Gasteiger partial charge in [-0.1, -0.05) is 24.3 Å². The molecular weight excluding hydrogens is 268 g/mol. The summed E-state index contributed by atoms with van der Waals surface area (Å²) in [6.45, 7) is 3.46. The Morgan fingerprint density at radius 2 is 2.33 bits per heavy atom. The molecule has 0 radical (unpaired) electrons. The van der Waals surface area contributed by atoms with E-state index in [0.29, 0.717) is 25.3 Å². The van der Waals surface area contributed by atoms with Crippen molar-refractivity contribution in [2.24, 2.45) is 0 Å². The molecule has 1 atom stereocenters. The first-order valence-corrected chi connectivity index (χ1v) is 7.17. The average Bonchev–Trinajstić information content (AvgIpc) is 2.97. The van der Waals surface area contributed by atoms with E-state index in [2.05, 4.69) is 17.2 Å². The Hall–Kier alpha value is -2.14. The number of nitrogens with zero attached hydrogens (tertiary/aromatic N) is 2. The highest BCUT2D eigenvalue weighted by Gasteiger charge is 2.21. The Kier molecular flexibility index (Phi) is 4.01. The second kappa shape index (κ2) is 6.10. The quantitative estimate of drug-likeness (QED) is 0.810. The minimum Gasteiger partial charge on any atom is -0.462 e. The number of hydrogen-bond donors (Lipinski definition) is 0. The van der Waals surface area contributed by atoms with Crippen LogP contribution in [0.2, 0.25) is 0 Å². The van der Waals surface area contributed by atoms with E-state index < -0.39 is 0 Å². The van der Waals surface area contributed by atoms with Crippen molar-refractivity contribution in [1.82, 2.24) is 9.78 Å². The fourth-order valence-electron chi connectivity index (χ4n) is 2.58. The van der Waals surface area contributed by atoms with E-state index in [1.807, 2.05) is 12.1 Å². The number of benzene rings is 1. The van der Waals surface area contributed by atoms with Crippen LogP contribution in [0, 0.1) is 0 Å². The van der Waals surface area contributed by atoms with Crippen molar-refractivity contribution < 1.29 is 14.3 Å². The first-order chi connectivity index (χ1) is 10.3. The first kappa shape index (κ1) is 13.8. The van der Waals surface area contributed by atoms with Gasteiger partial charge in [0.2, 0.25) is 0 Å². The summed E-state index contributed by atoms with van der Waals surface area (Å²) in [4.78, 5) is 11.6. The number of carbonyl (C=O) groups is 1. The molecule has 3 rings (SSSR count). The number of aromatic nitrogens is 2. The van der Waals surface area contributed by atoms with E-state index in [9.17, 15) is 4.79 Å². The Labute approximate surface area is 123 Å². The van der Waals surface area contributed by atoms with Gasteiger partial charge in [-0.3, -0.25) is 4.68 Å². The van der Waals surface area contributed by atoms with E-state index in [4.69, 9.17) is 9.47 Å². The summed E-state index contributed by atoms with van der Waals surface area (Å²) >= 11 is 0. The minimum atomic E-state index is -0.339. The van der Waals surface area contributed by atoms with Crippen LogP contribution in [0.3, 0.4) is 0 Å². The third-order valence-electron chi connectivity index (χ3n) is 3.59. The molecule has 0 aliphatic carbocycles. The van der Waals surface area contributed by atoms with Gasteiger partial charge in [0.1, 0.15) is 6.10 Å². The predicted octanol–water partition coefficient (Wildman–Crippen LogP) is 2.37. The third kappa shape index (κ3) is 2.97. The van der Waals surface area contributed by atoms with Crippen LogP contribution in [0.5, 0.6) is 0 Å². The normalized spacial score (nSPS) is 17.3. The van der Waals surface area contributed by atoms with Crippen LogP contribution in [-0.2, 0) is 22.4 Å². The summed E-state index contributed by atoms with van der Waals surface area (Å²) < 4.78 is 12.5. The highest BCUT2D eigenvalue weighted by Crippen LogP contribution is 2.28. The van der Waals surface area contributed by atoms with Gasteiger partial charge in [-0.25, -0.2) is 4.79 Å². The highest BCUT2D eigenvalue weighted by molar-refractivity contribution is 5.88. The van der Waals surface area contributed by atoms with E-state index in [-0.39, 0.29) is 12.1 Å². The molecule has 0 fully saturated rings. The molecule has 0 amide bonds. The van der Waals surface area contributed by atoms with Crippen molar-refractivity contribution in [3.63, 3.8) is 0 Å². The molecule has 110 valence electrons. The number of hydrogen-bond acceptors (Lipinski definition) is 4. The molecule has 1 unspecified atom stereocenters. The maximum absolute atomic E-state index is 11.6. The van der Waals surface area contributed by atoms with Crippen molar-refractivity contribution in [3.05, 3.63) is 53.3 Å². The third-order valence-corrected chi connectivity index (χ3v) is 3.59. The molecule has 0 saturated carbocycles. The fraction of sp³-hybridized carbons (Fsp3) is 0.375. The van der Waals surface area contributed by atoms with Crippen LogP contribution in [-0.4, -0.2) is 29.0 Å². The summed E-state index contributed by atoms with van der Waals surface area (Å²) in [7, 11) is 0. The molecule has 1 aromatic heterocycles. The molecule has 0 spiro atoms. The Morgan fingerprint density at radius 3 is 3.19 bits per heavy atom. The summed E-state index contributed by atoms with van der Waals surface area (Å²) in [5.41, 5.74) is 3.00. The molecular formula is C16H18N2O3. The molecule has 1 aliphatic heterocycles. The van der Waals surface area contributed by atoms with Crippen LogP contribution in [0.15, 0.2) is 36.7 Å². The molecule has 0 bridgehead atoms. The Morgan fingerprint density at radius 1 is 1.48 bits per heavy atom. The van der Waals surface area contributed by atoms with E-state index in [1.165, 1.54) is 17.3 Å². The monoisotopic (exact) mass is 286 g/mol. The zero-order chi connectivity index (χ0) is 14.7. The van der Waals surface area contributed by atoms with Gasteiger partial charge in [0.25, 0.3) is 0 Å². The second-order valence-electron chi connectivity index (χ2n) is 4.98. The lowest BCUT2D eigenvalue weighted by Gasteiger charge is -2.25. The van der Waals surface area contributed by atoms with Crippen molar-refractivity contribution in [3.8, 4) is 0 Å². The molecule has 1 aliphatic rings. The van der Waals surface area contributed by atoms with Crippen molar-refractivity contribution in [2.75, 3.05) is 13.2 Å². The van der Waals surface area contributed by atoms with Gasteiger partial charge in [0, 0.05) is 6.20 Å². The summed E-state index contributed by atoms with van der Waals surface area (Å²) in [5, 5.41) is 4.22. The summed E-state index contributed by atoms with van der Waals surface area (Å²) in [6.07, 6.45) is 4.16. The van der Waals surface area contributed by atoms with Crippen LogP contribution in [0.1, 0.15) is 34.5 Å². The van der Waals surface area contributed by atoms with Gasteiger partial charge >= 0.3 is 5.97 Å². The maximum atomic E-state index is 11.6. The number of carbonyl (C=O) groups excluding carboxylic acids is 1. The summed E-state index contributed by atoms with van der Waals surface area (Å²) in [6, 6.07) is 8.30. The minimum absolute atomic E-state index is 0.0232. The molecule has 2 aromatic rings. The van der Waals surface area contributed by atoms with E-state index in [0.717, 1.165) is 6.42 Å². The molecule has 2 heterocycles. The lowest BCUT2D eigenvalue weighted by atomic mass is 9.98. The van der Waals surface area contributed by atoms with Gasteiger partial charge in [-0.05, 0) is 24.5 Å². The Bertz CT molecular complexity index is 636. The smallest absolute Gasteiger partial charge is 0.341 e. The molecule has 0 N–H and O–H groups in total. The Balaban J connectivity index is 1.75. The van der Waals surface area contributed by atoms with E-state index in [1.54, 1.807) is 17.8 Å². The largest absolute Gasteiger partial charge is 0.462 e. The average molecular weight is 286 g/mol. The second-order valence-corrected chi connectivity index (χ2v) is 4.98. The zero-order valence-corrected chi connectivity index (χ0v) is 12.0. The lowest BCUT2D eigenvalue weighted by molar-refractivity contribution is 0.0282. The van der Waals surface area contributed by atoms with Gasteiger partial charge in [0.15, 0.2) is 0 Å². The van der Waals surface area contributed by atoms with Crippen LogP contribution in [0.25, 0.3) is 0 Å². The van der Waals surface area contributed by atoms with Gasteiger partial charge in [0.05, 0.1) is 31.5 Å². The number of rotatable bonds is 4. The van der Waals surface area contributed by atoms with Crippen LogP contribution < -0.4 is 0 Å². The summed E-state index contributed by atoms with van der Waals surface area (Å²) in [5.74, 6) is -0.339. The topological polar surface area (TPSA) is 53.3 Å². The molecule has 21 heavy (non-hydrogen) atoms. The van der Waals surface area contributed by atoms with Crippen molar-refractivity contribution >= 4 is 5.97 Å². The van der Waals surface area contributed by atoms with Crippen molar-refractivity contribution in [1.29, 1.82) is 0 Å². The van der Waals surface area contributed by atoms with E-state index >= 15 is 0 Å². The lowest BCUT2D eigenvalue weighted by Crippen LogP contribution is -2.20. The molecule has 0 saturated heterocycles. The fourth-order valence-corrected chi connectivity index (χ4v) is 2.58. The number of fused-ring (bicyclic) bond motifs is 1. The highest BCUT2D eigenvalue weighted by atomic mass is 16.5. The van der Waals surface area contributed by atoms with Crippen LogP contribution >= 0.6 is 0 Å². The van der Waals surface area contributed by atoms with Gasteiger partial charge < -0.3 is 9.47 Å². The number of ether oxygens (including phenoxy) is 2. The SMILES string of the molecule is CCOC(=O)c1cnn(CC2OCCc3ccccc32)c1. The maximum Gasteiger partial charge on any atom is 0.341 e.